The molecule has 4 aliphatic rings. The number of allylic oxidation sites excluding steroid dienone is 2. The monoisotopic (exact) mass is 634 g/mol. The molecule has 3 N–H and O–H groups in total. The Kier molecular flexibility index (Phi) is 5.99. The number of carboxylic acids is 1. The molecule has 2 heterocycles. The summed E-state index contributed by atoms with van der Waals surface area (Å²) in [5.41, 5.74) is 0.413. The number of aromatic hydroxyl groups is 2. The van der Waals surface area contributed by atoms with Crippen LogP contribution in [0.5, 0.6) is 11.5 Å². The number of carbonyl (C=O) groups excluding carboxylic acids is 4. The number of hydrogen-bond acceptors (Lipinski definition) is 7. The van der Waals surface area contributed by atoms with Gasteiger partial charge in [0.1, 0.15) is 17.1 Å². The molecule has 224 valence electrons. The molecule has 7 rings (SSSR count). The number of likely N-dealkylation sites (tertiary alicyclic amines) is 1. The Labute approximate surface area is 260 Å². The number of phenolic OH excluding ortho intramolecular Hbond substituents is 1. The molecule has 2 saturated heterocycles. The maximum Gasteiger partial charge on any atom is 0.339 e. The van der Waals surface area contributed by atoms with Crippen molar-refractivity contribution in [1.82, 2.24) is 4.90 Å². The highest BCUT2D eigenvalue weighted by Crippen LogP contribution is 2.66. The number of aromatic carboxylic acids is 1. The van der Waals surface area contributed by atoms with Gasteiger partial charge in [-0.1, -0.05) is 42.0 Å². The van der Waals surface area contributed by atoms with E-state index in [0.717, 1.165) is 27.3 Å². The highest BCUT2D eigenvalue weighted by Gasteiger charge is 2.76. The van der Waals surface area contributed by atoms with Gasteiger partial charge in [0, 0.05) is 24.6 Å². The van der Waals surface area contributed by atoms with Crippen molar-refractivity contribution in [2.45, 2.75) is 28.5 Å². The third-order valence-corrected chi connectivity index (χ3v) is 11.1. The number of phenols is 2. The molecule has 0 radical (unpaired) electrons. The van der Waals surface area contributed by atoms with Crippen LogP contribution in [0.15, 0.2) is 66.2 Å². The Morgan fingerprint density at radius 2 is 1.64 bits per heavy atom. The molecule has 0 aromatic heterocycles. The molecule has 3 aromatic rings. The molecule has 4 amide bonds. The lowest BCUT2D eigenvalue weighted by atomic mass is 9.56. The van der Waals surface area contributed by atoms with Gasteiger partial charge in [0.2, 0.25) is 11.8 Å². The third-order valence-electron chi connectivity index (χ3n) is 9.72. The number of carboxylic acid groups (broad SMARTS) is 1. The van der Waals surface area contributed by atoms with Crippen molar-refractivity contribution in [3.63, 3.8) is 0 Å². The lowest BCUT2D eigenvalue weighted by Gasteiger charge is -2.51. The van der Waals surface area contributed by atoms with E-state index in [0.29, 0.717) is 11.0 Å². The molecule has 0 spiro atoms. The molecule has 1 saturated carbocycles. The van der Waals surface area contributed by atoms with Gasteiger partial charge in [-0.05, 0) is 47.7 Å². The first kappa shape index (κ1) is 28.4. The fraction of sp³-hybridized carbons (Fsp3) is 0.281. The zero-order valence-electron chi connectivity index (χ0n) is 23.0. The van der Waals surface area contributed by atoms with Crippen LogP contribution in [0.25, 0.3) is 10.8 Å². The lowest BCUT2D eigenvalue weighted by molar-refractivity contribution is -0.138. The SMILES string of the molecule is CN1C(=O)[C@]2(Cl)C[C@@H]3C(=CC[C@@H]4C(=O)N(c5ccc(C(=O)O)c(O)c5)C(=O)[C@@H]43)[C@H](c3c(O)ccc4ccccc34)[C@]2(Cl)C1=O. The van der Waals surface area contributed by atoms with Gasteiger partial charge >= 0.3 is 5.97 Å². The minimum atomic E-state index is -2.05. The Balaban J connectivity index is 1.41. The number of anilines is 1. The first-order valence-electron chi connectivity index (χ1n) is 13.9. The molecule has 2 aliphatic carbocycles. The number of halogens is 2. The summed E-state index contributed by atoms with van der Waals surface area (Å²) in [6.07, 6.45) is 1.63. The van der Waals surface area contributed by atoms with Crippen molar-refractivity contribution < 1.29 is 39.3 Å². The average Bonchev–Trinajstić information content (AvgIpc) is 3.32. The van der Waals surface area contributed by atoms with Crippen LogP contribution in [0.1, 0.15) is 34.7 Å². The van der Waals surface area contributed by atoms with Crippen LogP contribution in [0, 0.1) is 17.8 Å². The average molecular weight is 635 g/mol. The van der Waals surface area contributed by atoms with E-state index in [1.807, 2.05) is 12.1 Å². The minimum absolute atomic E-state index is 0.00311. The molecule has 12 heteroatoms. The number of amides is 4. The number of alkyl halides is 2. The number of hydrogen-bond donors (Lipinski definition) is 3. The minimum Gasteiger partial charge on any atom is -0.508 e. The quantitative estimate of drug-likeness (QED) is 0.221. The molecule has 0 bridgehead atoms. The number of carbonyl (C=O) groups is 5. The summed E-state index contributed by atoms with van der Waals surface area (Å²) in [4.78, 5) is 64.5. The summed E-state index contributed by atoms with van der Waals surface area (Å²) in [5, 5.41) is 32.2. The zero-order valence-corrected chi connectivity index (χ0v) is 24.5. The predicted molar refractivity (Wildman–Crippen MR) is 159 cm³/mol. The van der Waals surface area contributed by atoms with Gasteiger partial charge in [0.05, 0.1) is 17.5 Å². The predicted octanol–water partition coefficient (Wildman–Crippen LogP) is 4.14. The molecule has 3 fully saturated rings. The summed E-state index contributed by atoms with van der Waals surface area (Å²) in [6, 6.07) is 13.8. The van der Waals surface area contributed by atoms with Gasteiger partial charge in [-0.15, -0.1) is 23.2 Å². The Hall–Kier alpha value is -4.41. The van der Waals surface area contributed by atoms with Crippen LogP contribution >= 0.6 is 23.2 Å². The van der Waals surface area contributed by atoms with Crippen LogP contribution in [0.4, 0.5) is 5.69 Å². The molecular formula is C32H24Cl2N2O8. The van der Waals surface area contributed by atoms with Gasteiger partial charge in [0.15, 0.2) is 9.75 Å². The summed E-state index contributed by atoms with van der Waals surface area (Å²) in [6.45, 7) is 0. The molecular weight excluding hydrogens is 611 g/mol. The smallest absolute Gasteiger partial charge is 0.339 e. The zero-order chi connectivity index (χ0) is 31.5. The summed E-state index contributed by atoms with van der Waals surface area (Å²) >= 11 is 14.5. The Morgan fingerprint density at radius 1 is 0.909 bits per heavy atom. The molecule has 10 nitrogen and oxygen atoms in total. The molecule has 0 unspecified atom stereocenters. The first-order valence-corrected chi connectivity index (χ1v) is 14.6. The van der Waals surface area contributed by atoms with Crippen molar-refractivity contribution in [1.29, 1.82) is 0 Å². The second-order valence-corrected chi connectivity index (χ2v) is 13.0. The van der Waals surface area contributed by atoms with Gasteiger partial charge in [-0.25, -0.2) is 9.69 Å². The maximum atomic E-state index is 14.1. The van der Waals surface area contributed by atoms with Crippen molar-refractivity contribution in [2.75, 3.05) is 11.9 Å². The highest BCUT2D eigenvalue weighted by atomic mass is 35.5. The van der Waals surface area contributed by atoms with Crippen LogP contribution in [0.3, 0.4) is 0 Å². The van der Waals surface area contributed by atoms with E-state index in [9.17, 15) is 39.3 Å². The van der Waals surface area contributed by atoms with E-state index in [1.165, 1.54) is 19.2 Å². The Bertz CT molecular complexity index is 1910. The standard InChI is InChI=1S/C32H24Cl2N2O8/c1-35-29(43)31(33)13-20-17(25(32(31,34)30(35)44)24-16-5-3-2-4-14(16)6-11-21(24)37)9-10-19-23(20)27(40)36(26(19)39)15-7-8-18(28(41)42)22(38)12-15/h2-9,11-12,19-20,23,25,37-38H,10,13H2,1H3,(H,41,42)/t19-,20+,23-,25+,31+,32-/m0/s1. The number of nitrogens with zero attached hydrogens (tertiary/aromatic N) is 2. The van der Waals surface area contributed by atoms with E-state index < -0.39 is 74.3 Å². The fourth-order valence-corrected chi connectivity index (χ4v) is 8.75. The summed E-state index contributed by atoms with van der Waals surface area (Å²) in [5.74, 6) is -8.63. The van der Waals surface area contributed by atoms with Gasteiger partial charge in [-0.3, -0.25) is 24.1 Å². The second-order valence-electron chi connectivity index (χ2n) is 11.7. The van der Waals surface area contributed by atoms with E-state index >= 15 is 0 Å². The van der Waals surface area contributed by atoms with Gasteiger partial charge < -0.3 is 15.3 Å². The molecule has 44 heavy (non-hydrogen) atoms. The van der Waals surface area contributed by atoms with Crippen molar-refractivity contribution in [3.05, 3.63) is 77.4 Å². The molecule has 6 atom stereocenters. The van der Waals surface area contributed by atoms with E-state index in [1.54, 1.807) is 24.3 Å². The Morgan fingerprint density at radius 3 is 2.34 bits per heavy atom. The first-order chi connectivity index (χ1) is 20.8. The van der Waals surface area contributed by atoms with Crippen LogP contribution in [-0.2, 0) is 19.2 Å². The summed E-state index contributed by atoms with van der Waals surface area (Å²) < 4.78 is 0. The second kappa shape index (κ2) is 9.30. The van der Waals surface area contributed by atoms with E-state index in [4.69, 9.17) is 23.2 Å². The fourth-order valence-electron chi connectivity index (χ4n) is 7.74. The van der Waals surface area contributed by atoms with Crippen LogP contribution in [-0.4, -0.2) is 66.6 Å². The largest absolute Gasteiger partial charge is 0.508 e. The number of benzene rings is 3. The van der Waals surface area contributed by atoms with Crippen LogP contribution in [0.2, 0.25) is 0 Å². The van der Waals surface area contributed by atoms with Crippen molar-refractivity contribution in [2.24, 2.45) is 17.8 Å². The maximum absolute atomic E-state index is 14.1. The number of rotatable bonds is 3. The lowest BCUT2D eigenvalue weighted by Crippen LogP contribution is -2.60. The van der Waals surface area contributed by atoms with E-state index in [2.05, 4.69) is 0 Å². The van der Waals surface area contributed by atoms with Crippen molar-refractivity contribution >= 4 is 69.3 Å². The van der Waals surface area contributed by atoms with Gasteiger partial charge in [-0.2, -0.15) is 0 Å². The van der Waals surface area contributed by atoms with Gasteiger partial charge in [0.25, 0.3) is 11.8 Å². The summed E-state index contributed by atoms with van der Waals surface area (Å²) in [7, 11) is 1.29. The van der Waals surface area contributed by atoms with E-state index in [-0.39, 0.29) is 29.8 Å². The normalized spacial score (nSPS) is 31.2. The number of imide groups is 2. The van der Waals surface area contributed by atoms with Crippen LogP contribution < -0.4 is 4.90 Å². The third kappa shape index (κ3) is 3.40. The molecule has 2 aliphatic heterocycles. The number of fused-ring (bicyclic) bond motifs is 5. The van der Waals surface area contributed by atoms with Crippen molar-refractivity contribution in [3.8, 4) is 11.5 Å². The highest BCUT2D eigenvalue weighted by molar-refractivity contribution is 6.53. The molecule has 3 aromatic carbocycles. The topological polar surface area (TPSA) is 153 Å².